The Morgan fingerprint density at radius 2 is 2.07 bits per heavy atom. The van der Waals surface area contributed by atoms with Crippen LogP contribution < -0.4 is 11.1 Å². The zero-order valence-electron chi connectivity index (χ0n) is 8.32. The van der Waals surface area contributed by atoms with Gasteiger partial charge in [-0.15, -0.1) is 0 Å². The van der Waals surface area contributed by atoms with Gasteiger partial charge in [0, 0.05) is 12.1 Å². The maximum Gasteiger partial charge on any atom is 0.407 e. The van der Waals surface area contributed by atoms with Crippen molar-refractivity contribution in [3.05, 3.63) is 35.4 Å². The molecule has 1 rings (SSSR count). The van der Waals surface area contributed by atoms with E-state index in [1.165, 1.54) is 7.11 Å². The number of ether oxygens (including phenoxy) is 1. The zero-order chi connectivity index (χ0) is 11.3. The molecule has 4 nitrogen and oxygen atoms in total. The van der Waals surface area contributed by atoms with Gasteiger partial charge in [0.25, 0.3) is 0 Å². The van der Waals surface area contributed by atoms with Gasteiger partial charge in [0.1, 0.15) is 4.99 Å². The lowest BCUT2D eigenvalue weighted by molar-refractivity contribution is 0.170. The van der Waals surface area contributed by atoms with Gasteiger partial charge in [-0.05, 0) is 5.56 Å². The summed E-state index contributed by atoms with van der Waals surface area (Å²) in [7, 11) is 1.32. The Bertz CT molecular complexity index is 362. The maximum atomic E-state index is 10.8. The highest BCUT2D eigenvalue weighted by Crippen LogP contribution is 2.04. The Kier molecular flexibility index (Phi) is 4.05. The fourth-order valence-corrected chi connectivity index (χ4v) is 1.17. The summed E-state index contributed by atoms with van der Waals surface area (Å²) in [5.41, 5.74) is 7.22. The molecule has 0 aliphatic rings. The van der Waals surface area contributed by atoms with E-state index in [1.807, 2.05) is 24.3 Å². The van der Waals surface area contributed by atoms with Gasteiger partial charge in [0.2, 0.25) is 0 Å². The number of amides is 1. The lowest BCUT2D eigenvalue weighted by atomic mass is 10.1. The minimum absolute atomic E-state index is 0.363. The predicted octanol–water partition coefficient (Wildman–Crippen LogP) is 1.18. The Labute approximate surface area is 93.4 Å². The minimum Gasteiger partial charge on any atom is -0.453 e. The summed E-state index contributed by atoms with van der Waals surface area (Å²) in [6.45, 7) is 0.421. The number of rotatable bonds is 3. The van der Waals surface area contributed by atoms with E-state index in [0.717, 1.165) is 11.1 Å². The maximum absolute atomic E-state index is 10.8. The molecule has 0 heterocycles. The van der Waals surface area contributed by atoms with Crippen molar-refractivity contribution in [1.29, 1.82) is 0 Å². The third-order valence-corrected chi connectivity index (χ3v) is 2.10. The Morgan fingerprint density at radius 3 is 2.53 bits per heavy atom. The molecule has 0 bridgehead atoms. The Morgan fingerprint density at radius 1 is 1.47 bits per heavy atom. The van der Waals surface area contributed by atoms with Crippen LogP contribution in [0.15, 0.2) is 24.3 Å². The molecule has 3 N–H and O–H groups in total. The van der Waals surface area contributed by atoms with E-state index in [-0.39, 0.29) is 0 Å². The standard InChI is InChI=1S/C10H12N2O2S/c1-14-10(13)12-6-7-2-4-8(5-3-7)9(11)15/h2-5H,6H2,1H3,(H2,11,15)(H,12,13). The third kappa shape index (κ3) is 3.55. The molecule has 0 aliphatic carbocycles. The van der Waals surface area contributed by atoms with E-state index in [4.69, 9.17) is 18.0 Å². The van der Waals surface area contributed by atoms with Crippen LogP contribution in [0.2, 0.25) is 0 Å². The second kappa shape index (κ2) is 5.31. The highest BCUT2D eigenvalue weighted by atomic mass is 32.1. The number of hydrogen-bond donors (Lipinski definition) is 2. The number of nitrogens with one attached hydrogen (secondary N) is 1. The molecule has 0 unspecified atom stereocenters. The van der Waals surface area contributed by atoms with Crippen molar-refractivity contribution in [2.24, 2.45) is 5.73 Å². The minimum atomic E-state index is -0.451. The molecule has 15 heavy (non-hydrogen) atoms. The first kappa shape index (κ1) is 11.5. The van der Waals surface area contributed by atoms with Crippen LogP contribution in [-0.2, 0) is 11.3 Å². The number of methoxy groups -OCH3 is 1. The molecule has 80 valence electrons. The quantitative estimate of drug-likeness (QED) is 0.757. The van der Waals surface area contributed by atoms with Crippen LogP contribution in [0.25, 0.3) is 0 Å². The number of benzene rings is 1. The molecule has 0 atom stereocenters. The van der Waals surface area contributed by atoms with Crippen molar-refractivity contribution in [2.45, 2.75) is 6.54 Å². The molecule has 0 saturated heterocycles. The van der Waals surface area contributed by atoms with Gasteiger partial charge in [-0.3, -0.25) is 0 Å². The molecular formula is C10H12N2O2S. The number of alkyl carbamates (subject to hydrolysis) is 1. The van der Waals surface area contributed by atoms with E-state index in [9.17, 15) is 4.79 Å². The van der Waals surface area contributed by atoms with Crippen LogP contribution in [0, 0.1) is 0 Å². The van der Waals surface area contributed by atoms with Crippen molar-refractivity contribution in [1.82, 2.24) is 5.32 Å². The van der Waals surface area contributed by atoms with Crippen LogP contribution in [-0.4, -0.2) is 18.2 Å². The van der Waals surface area contributed by atoms with Gasteiger partial charge >= 0.3 is 6.09 Å². The third-order valence-electron chi connectivity index (χ3n) is 1.86. The Hall–Kier alpha value is -1.62. The predicted molar refractivity (Wildman–Crippen MR) is 61.6 cm³/mol. The molecule has 0 radical (unpaired) electrons. The van der Waals surface area contributed by atoms with E-state index < -0.39 is 6.09 Å². The average molecular weight is 224 g/mol. The molecule has 0 spiro atoms. The molecule has 0 fully saturated rings. The van der Waals surface area contributed by atoms with Crippen LogP contribution in [0.4, 0.5) is 4.79 Å². The normalized spacial score (nSPS) is 9.40. The van der Waals surface area contributed by atoms with Crippen molar-refractivity contribution < 1.29 is 9.53 Å². The van der Waals surface area contributed by atoms with Crippen LogP contribution in [0.5, 0.6) is 0 Å². The summed E-state index contributed by atoms with van der Waals surface area (Å²) < 4.78 is 4.44. The number of carbonyl (C=O) groups excluding carboxylic acids is 1. The smallest absolute Gasteiger partial charge is 0.407 e. The highest BCUT2D eigenvalue weighted by molar-refractivity contribution is 7.80. The van der Waals surface area contributed by atoms with Crippen LogP contribution in [0.3, 0.4) is 0 Å². The lowest BCUT2D eigenvalue weighted by Crippen LogP contribution is -2.22. The SMILES string of the molecule is COC(=O)NCc1ccc(C(N)=S)cc1. The van der Waals surface area contributed by atoms with Crippen molar-refractivity contribution in [3.8, 4) is 0 Å². The lowest BCUT2D eigenvalue weighted by Gasteiger charge is -2.04. The van der Waals surface area contributed by atoms with Crippen molar-refractivity contribution >= 4 is 23.3 Å². The summed E-state index contributed by atoms with van der Waals surface area (Å²) >= 11 is 4.82. The molecular weight excluding hydrogens is 212 g/mol. The number of nitrogens with two attached hydrogens (primary N) is 1. The first-order chi connectivity index (χ1) is 7.13. The summed E-state index contributed by atoms with van der Waals surface area (Å²) in [6, 6.07) is 7.34. The van der Waals surface area contributed by atoms with Crippen LogP contribution in [0.1, 0.15) is 11.1 Å². The number of carbonyl (C=O) groups is 1. The Balaban J connectivity index is 2.57. The molecule has 0 saturated carbocycles. The summed E-state index contributed by atoms with van der Waals surface area (Å²) in [5, 5.41) is 2.57. The highest BCUT2D eigenvalue weighted by Gasteiger charge is 1.99. The number of hydrogen-bond acceptors (Lipinski definition) is 3. The zero-order valence-corrected chi connectivity index (χ0v) is 9.14. The first-order valence-corrected chi connectivity index (χ1v) is 4.75. The molecule has 5 heteroatoms. The molecule has 1 aromatic rings. The second-order valence-electron chi connectivity index (χ2n) is 2.91. The van der Waals surface area contributed by atoms with E-state index in [2.05, 4.69) is 10.1 Å². The van der Waals surface area contributed by atoms with Gasteiger partial charge in [-0.1, -0.05) is 36.5 Å². The molecule has 1 amide bonds. The molecule has 0 aromatic heterocycles. The number of thiocarbonyl (C=S) groups is 1. The van der Waals surface area contributed by atoms with Gasteiger partial charge in [-0.25, -0.2) is 4.79 Å². The summed E-state index contributed by atoms with van der Waals surface area (Å²) in [4.78, 5) is 11.1. The van der Waals surface area contributed by atoms with Gasteiger partial charge in [-0.2, -0.15) is 0 Å². The van der Waals surface area contributed by atoms with E-state index in [0.29, 0.717) is 11.5 Å². The van der Waals surface area contributed by atoms with Crippen molar-refractivity contribution in [3.63, 3.8) is 0 Å². The van der Waals surface area contributed by atoms with Gasteiger partial charge in [0.15, 0.2) is 0 Å². The van der Waals surface area contributed by atoms with Gasteiger partial charge in [0.05, 0.1) is 7.11 Å². The van der Waals surface area contributed by atoms with E-state index >= 15 is 0 Å². The van der Waals surface area contributed by atoms with Crippen molar-refractivity contribution in [2.75, 3.05) is 7.11 Å². The topological polar surface area (TPSA) is 64.3 Å². The molecule has 1 aromatic carbocycles. The fraction of sp³-hybridized carbons (Fsp3) is 0.200. The largest absolute Gasteiger partial charge is 0.453 e. The molecule has 0 aliphatic heterocycles. The van der Waals surface area contributed by atoms with Gasteiger partial charge < -0.3 is 15.8 Å². The first-order valence-electron chi connectivity index (χ1n) is 4.34. The fourth-order valence-electron chi connectivity index (χ4n) is 1.03. The van der Waals surface area contributed by atoms with E-state index in [1.54, 1.807) is 0 Å². The average Bonchev–Trinajstić information content (AvgIpc) is 2.26. The second-order valence-corrected chi connectivity index (χ2v) is 3.35. The summed E-state index contributed by atoms with van der Waals surface area (Å²) in [6.07, 6.45) is -0.451. The van der Waals surface area contributed by atoms with Crippen LogP contribution >= 0.6 is 12.2 Å². The monoisotopic (exact) mass is 224 g/mol. The summed E-state index contributed by atoms with van der Waals surface area (Å²) in [5.74, 6) is 0.